The van der Waals surface area contributed by atoms with Crippen molar-refractivity contribution < 1.29 is 24.1 Å². The summed E-state index contributed by atoms with van der Waals surface area (Å²) in [6.07, 6.45) is 1.35. The highest BCUT2D eigenvalue weighted by Crippen LogP contribution is 2.47. The van der Waals surface area contributed by atoms with Crippen molar-refractivity contribution in [2.24, 2.45) is 0 Å². The van der Waals surface area contributed by atoms with E-state index in [1.165, 1.54) is 12.1 Å². The van der Waals surface area contributed by atoms with Crippen molar-refractivity contribution >= 4 is 17.7 Å². The van der Waals surface area contributed by atoms with E-state index in [2.05, 4.69) is 0 Å². The molecule has 0 saturated carbocycles. The Kier molecular flexibility index (Phi) is 5.18. The van der Waals surface area contributed by atoms with Gasteiger partial charge in [-0.1, -0.05) is 24.3 Å². The molecule has 2 saturated heterocycles. The van der Waals surface area contributed by atoms with E-state index >= 15 is 0 Å². The number of ether oxygens (including phenoxy) is 1. The number of thioether (sulfide) groups is 1. The molecule has 0 radical (unpaired) electrons. The Morgan fingerprint density at radius 3 is 2.82 bits per heavy atom. The molecule has 9 heteroatoms. The van der Waals surface area contributed by atoms with Gasteiger partial charge in [0.15, 0.2) is 11.5 Å². The van der Waals surface area contributed by atoms with Crippen molar-refractivity contribution in [1.82, 2.24) is 14.9 Å². The smallest absolute Gasteiger partial charge is 0.277 e. The van der Waals surface area contributed by atoms with E-state index in [1.54, 1.807) is 40.0 Å². The summed E-state index contributed by atoms with van der Waals surface area (Å²) in [5.74, 6) is -0.427. The van der Waals surface area contributed by atoms with Crippen LogP contribution >= 0.6 is 11.8 Å². The number of carbonyl (C=O) groups is 1. The highest BCUT2D eigenvalue weighted by atomic mass is 32.2. The standard InChI is InChI=1S/C25H24FN3O4S/c1-14-11-33-12-21-28(14)25(32)23-24(31)19(30)8-9-27(23)29(21)22-17-7-6-16(26)10-15(17)13-34-20-5-3-2-4-18(20)22/h2-10,14,19,21-22,30-31H,11-13H2,1H3/t14-,19?,21+,22-/m0/s1. The Hall–Kier alpha value is -2.85. The lowest BCUT2D eigenvalue weighted by molar-refractivity contribution is -0.200. The third-order valence-corrected chi connectivity index (χ3v) is 7.97. The fraction of sp³-hybridized carbons (Fsp3) is 0.320. The zero-order valence-corrected chi connectivity index (χ0v) is 19.3. The van der Waals surface area contributed by atoms with Crippen LogP contribution in [0.2, 0.25) is 0 Å². The van der Waals surface area contributed by atoms with Gasteiger partial charge in [0, 0.05) is 16.8 Å². The molecule has 2 aromatic carbocycles. The van der Waals surface area contributed by atoms with Crippen LogP contribution in [-0.4, -0.2) is 62.6 Å². The highest BCUT2D eigenvalue weighted by molar-refractivity contribution is 7.98. The lowest BCUT2D eigenvalue weighted by atomic mass is 9.92. The number of morpholine rings is 1. The summed E-state index contributed by atoms with van der Waals surface area (Å²) in [6.45, 7) is 2.56. The number of rotatable bonds is 1. The zero-order valence-electron chi connectivity index (χ0n) is 18.5. The quantitative estimate of drug-likeness (QED) is 0.647. The number of aliphatic hydroxyl groups is 2. The van der Waals surface area contributed by atoms with Crippen molar-refractivity contribution in [3.05, 3.63) is 88.7 Å². The van der Waals surface area contributed by atoms with E-state index in [0.29, 0.717) is 12.4 Å². The Morgan fingerprint density at radius 2 is 1.97 bits per heavy atom. The predicted molar refractivity (Wildman–Crippen MR) is 124 cm³/mol. The van der Waals surface area contributed by atoms with Crippen molar-refractivity contribution in [1.29, 1.82) is 0 Å². The Labute approximate surface area is 200 Å². The summed E-state index contributed by atoms with van der Waals surface area (Å²) in [5.41, 5.74) is 2.83. The van der Waals surface area contributed by atoms with E-state index in [4.69, 9.17) is 4.74 Å². The van der Waals surface area contributed by atoms with Gasteiger partial charge in [-0.25, -0.2) is 4.39 Å². The molecule has 2 N–H and O–H groups in total. The maximum atomic E-state index is 14.3. The average Bonchev–Trinajstić information content (AvgIpc) is 2.98. The van der Waals surface area contributed by atoms with Crippen LogP contribution in [-0.2, 0) is 15.3 Å². The number of hydrogen-bond donors (Lipinski definition) is 2. The summed E-state index contributed by atoms with van der Waals surface area (Å²) in [4.78, 5) is 16.4. The minimum Gasteiger partial charge on any atom is -0.507 e. The van der Waals surface area contributed by atoms with Crippen LogP contribution in [0.4, 0.5) is 4.39 Å². The van der Waals surface area contributed by atoms with Crippen LogP contribution in [0, 0.1) is 5.82 Å². The predicted octanol–water partition coefficient (Wildman–Crippen LogP) is 3.28. The van der Waals surface area contributed by atoms with Gasteiger partial charge in [-0.05, 0) is 47.9 Å². The Bertz CT molecular complexity index is 1230. The molecule has 4 heterocycles. The van der Waals surface area contributed by atoms with Gasteiger partial charge in [-0.3, -0.25) is 9.80 Å². The number of fused-ring (bicyclic) bond motifs is 4. The molecule has 34 heavy (non-hydrogen) atoms. The van der Waals surface area contributed by atoms with Crippen LogP contribution in [0.1, 0.15) is 29.7 Å². The molecule has 4 aliphatic rings. The molecule has 176 valence electrons. The normalized spacial score (nSPS) is 28.7. The number of nitrogens with zero attached hydrogens (tertiary/aromatic N) is 3. The van der Waals surface area contributed by atoms with Crippen molar-refractivity contribution in [3.63, 3.8) is 0 Å². The molecular formula is C25H24FN3O4S. The molecule has 4 atom stereocenters. The van der Waals surface area contributed by atoms with Crippen LogP contribution in [0.3, 0.4) is 0 Å². The second kappa shape index (κ2) is 8.13. The van der Waals surface area contributed by atoms with Crippen LogP contribution in [0.15, 0.2) is 71.1 Å². The second-order valence-corrected chi connectivity index (χ2v) is 9.91. The highest BCUT2D eigenvalue weighted by Gasteiger charge is 2.51. The first kappa shape index (κ1) is 21.7. The third kappa shape index (κ3) is 3.19. The first-order valence-electron chi connectivity index (χ1n) is 11.2. The fourth-order valence-corrected chi connectivity index (χ4v) is 6.38. The molecule has 6 rings (SSSR count). The van der Waals surface area contributed by atoms with Crippen molar-refractivity contribution in [3.8, 4) is 0 Å². The molecule has 0 aromatic heterocycles. The molecule has 2 aromatic rings. The monoisotopic (exact) mass is 481 g/mol. The zero-order chi connectivity index (χ0) is 23.6. The molecule has 0 bridgehead atoms. The average molecular weight is 482 g/mol. The SMILES string of the molecule is C[C@H]1COC[C@@H]2N1C(=O)C1=C(O)C(O)C=CN1N2[C@H]1c2ccc(F)cc2CSc2ccccc21. The van der Waals surface area contributed by atoms with E-state index < -0.39 is 12.3 Å². The maximum absolute atomic E-state index is 14.3. The van der Waals surface area contributed by atoms with E-state index in [1.807, 2.05) is 36.2 Å². The fourth-order valence-electron chi connectivity index (χ4n) is 5.30. The summed E-state index contributed by atoms with van der Waals surface area (Å²) in [5, 5.41) is 24.8. The van der Waals surface area contributed by atoms with Crippen molar-refractivity contribution in [2.45, 2.75) is 41.9 Å². The third-order valence-electron chi connectivity index (χ3n) is 6.84. The lowest BCUT2D eigenvalue weighted by Crippen LogP contribution is -2.70. The van der Waals surface area contributed by atoms with Gasteiger partial charge in [-0.2, -0.15) is 5.01 Å². The number of carbonyl (C=O) groups excluding carboxylic acids is 1. The summed E-state index contributed by atoms with van der Waals surface area (Å²) in [6, 6.07) is 12.2. The van der Waals surface area contributed by atoms with Gasteiger partial charge in [-0.15, -0.1) is 11.8 Å². The summed E-state index contributed by atoms with van der Waals surface area (Å²) in [7, 11) is 0. The Morgan fingerprint density at radius 1 is 1.15 bits per heavy atom. The summed E-state index contributed by atoms with van der Waals surface area (Å²) >= 11 is 1.65. The van der Waals surface area contributed by atoms with Gasteiger partial charge >= 0.3 is 0 Å². The number of hydrogen-bond acceptors (Lipinski definition) is 7. The lowest BCUT2D eigenvalue weighted by Gasteiger charge is -2.56. The minimum absolute atomic E-state index is 0.0260. The number of amides is 1. The van der Waals surface area contributed by atoms with Crippen LogP contribution in [0.5, 0.6) is 0 Å². The largest absolute Gasteiger partial charge is 0.507 e. The van der Waals surface area contributed by atoms with Gasteiger partial charge in [0.1, 0.15) is 18.1 Å². The van der Waals surface area contributed by atoms with E-state index in [0.717, 1.165) is 21.6 Å². The summed E-state index contributed by atoms with van der Waals surface area (Å²) < 4.78 is 20.2. The molecule has 0 aliphatic carbocycles. The Balaban J connectivity index is 1.61. The first-order valence-corrected chi connectivity index (χ1v) is 12.2. The molecule has 4 aliphatic heterocycles. The van der Waals surface area contributed by atoms with Crippen LogP contribution in [0.25, 0.3) is 0 Å². The molecule has 7 nitrogen and oxygen atoms in total. The minimum atomic E-state index is -1.26. The number of halogens is 1. The maximum Gasteiger partial charge on any atom is 0.277 e. The first-order chi connectivity index (χ1) is 16.5. The van der Waals surface area contributed by atoms with Gasteiger partial charge < -0.3 is 19.8 Å². The molecular weight excluding hydrogens is 457 g/mol. The van der Waals surface area contributed by atoms with Gasteiger partial charge in [0.25, 0.3) is 5.91 Å². The van der Waals surface area contributed by atoms with Gasteiger partial charge in [0.2, 0.25) is 0 Å². The molecule has 2 fully saturated rings. The number of benzene rings is 2. The van der Waals surface area contributed by atoms with Crippen LogP contribution < -0.4 is 0 Å². The van der Waals surface area contributed by atoms with E-state index in [9.17, 15) is 19.4 Å². The number of aliphatic hydroxyl groups excluding tert-OH is 2. The second-order valence-electron chi connectivity index (χ2n) is 8.90. The van der Waals surface area contributed by atoms with Crippen molar-refractivity contribution in [2.75, 3.05) is 13.2 Å². The molecule has 1 amide bonds. The topological polar surface area (TPSA) is 76.5 Å². The molecule has 1 unspecified atom stereocenters. The van der Waals surface area contributed by atoms with E-state index in [-0.39, 0.29) is 41.9 Å². The number of hydrazine groups is 1. The molecule has 0 spiro atoms. The van der Waals surface area contributed by atoms with Gasteiger partial charge in [0.05, 0.1) is 25.3 Å².